The molecule has 0 radical (unpaired) electrons. The van der Waals surface area contributed by atoms with Crippen molar-refractivity contribution in [1.82, 2.24) is 0 Å². The minimum Gasteiger partial charge on any atom is -0.493 e. The molecule has 1 heterocycles. The number of carboxylic acid groups (broad SMARTS) is 1. The van der Waals surface area contributed by atoms with E-state index in [1.807, 2.05) is 18.2 Å². The molecule has 0 aliphatic carbocycles. The summed E-state index contributed by atoms with van der Waals surface area (Å²) in [7, 11) is 3.16. The Hall–Kier alpha value is -2.89. The number of ether oxygens (including phenoxy) is 4. The number of hydrogen-bond donors (Lipinski definition) is 1. The monoisotopic (exact) mass is 344 g/mol. The van der Waals surface area contributed by atoms with Gasteiger partial charge in [0.2, 0.25) is 6.79 Å². The van der Waals surface area contributed by atoms with Crippen molar-refractivity contribution in [3.8, 4) is 23.0 Å². The van der Waals surface area contributed by atoms with Crippen molar-refractivity contribution in [2.45, 2.75) is 18.8 Å². The summed E-state index contributed by atoms with van der Waals surface area (Å²) in [5.41, 5.74) is 1.70. The first kappa shape index (κ1) is 17.0. The summed E-state index contributed by atoms with van der Waals surface area (Å²) in [6.45, 7) is 0.169. The van der Waals surface area contributed by atoms with Crippen molar-refractivity contribution >= 4 is 5.97 Å². The van der Waals surface area contributed by atoms with Crippen LogP contribution in [0.5, 0.6) is 23.0 Å². The largest absolute Gasteiger partial charge is 0.493 e. The summed E-state index contributed by atoms with van der Waals surface area (Å²) in [6, 6.07) is 10.9. The first-order valence-corrected chi connectivity index (χ1v) is 7.95. The standard InChI is InChI=1S/C19H20O6/c1-22-15-7-4-12(9-17(15)23-2)3-6-14(19(20)21)13-5-8-16-18(10-13)25-11-24-16/h4-5,7-10,14H,3,6,11H2,1-2H3,(H,20,21). The number of fused-ring (bicyclic) bond motifs is 1. The molecule has 2 aromatic carbocycles. The van der Waals surface area contributed by atoms with Gasteiger partial charge in [-0.1, -0.05) is 12.1 Å². The lowest BCUT2D eigenvalue weighted by Gasteiger charge is -2.14. The topological polar surface area (TPSA) is 74.2 Å². The van der Waals surface area contributed by atoms with Gasteiger partial charge in [-0.05, 0) is 48.2 Å². The predicted octanol–water partition coefficient (Wildman–Crippen LogP) is 3.23. The quantitative estimate of drug-likeness (QED) is 0.831. The Bertz CT molecular complexity index is 771. The van der Waals surface area contributed by atoms with Crippen LogP contribution in [0.15, 0.2) is 36.4 Å². The molecule has 1 atom stereocenters. The fraction of sp³-hybridized carbons (Fsp3) is 0.316. The average Bonchev–Trinajstić information content (AvgIpc) is 3.09. The highest BCUT2D eigenvalue weighted by Gasteiger charge is 2.23. The van der Waals surface area contributed by atoms with Gasteiger partial charge in [-0.25, -0.2) is 0 Å². The van der Waals surface area contributed by atoms with Gasteiger partial charge in [0.25, 0.3) is 0 Å². The maximum atomic E-state index is 11.7. The number of carbonyl (C=O) groups is 1. The number of aliphatic carboxylic acids is 1. The fourth-order valence-electron chi connectivity index (χ4n) is 2.91. The van der Waals surface area contributed by atoms with Crippen LogP contribution in [0.1, 0.15) is 23.5 Å². The van der Waals surface area contributed by atoms with E-state index in [1.165, 1.54) is 0 Å². The smallest absolute Gasteiger partial charge is 0.310 e. The van der Waals surface area contributed by atoms with Crippen molar-refractivity contribution in [2.75, 3.05) is 21.0 Å². The second-order valence-corrected chi connectivity index (χ2v) is 5.73. The molecule has 0 saturated carbocycles. The molecule has 2 aromatic rings. The number of aryl methyl sites for hydroxylation is 1. The maximum Gasteiger partial charge on any atom is 0.310 e. The molecule has 0 bridgehead atoms. The van der Waals surface area contributed by atoms with E-state index in [2.05, 4.69) is 0 Å². The molecular formula is C19H20O6. The number of rotatable bonds is 7. The van der Waals surface area contributed by atoms with Crippen LogP contribution in [0.25, 0.3) is 0 Å². The van der Waals surface area contributed by atoms with E-state index in [4.69, 9.17) is 18.9 Å². The Kier molecular flexibility index (Phi) is 4.97. The van der Waals surface area contributed by atoms with Crippen molar-refractivity contribution in [1.29, 1.82) is 0 Å². The van der Waals surface area contributed by atoms with Gasteiger partial charge < -0.3 is 24.1 Å². The van der Waals surface area contributed by atoms with Gasteiger partial charge in [0.05, 0.1) is 20.1 Å². The van der Waals surface area contributed by atoms with Crippen LogP contribution < -0.4 is 18.9 Å². The molecule has 0 fully saturated rings. The van der Waals surface area contributed by atoms with Gasteiger partial charge >= 0.3 is 5.97 Å². The zero-order valence-electron chi connectivity index (χ0n) is 14.2. The molecule has 0 spiro atoms. The highest BCUT2D eigenvalue weighted by molar-refractivity contribution is 5.76. The Morgan fingerprint density at radius 2 is 1.84 bits per heavy atom. The lowest BCUT2D eigenvalue weighted by molar-refractivity contribution is -0.138. The lowest BCUT2D eigenvalue weighted by atomic mass is 9.92. The van der Waals surface area contributed by atoms with Crippen LogP contribution >= 0.6 is 0 Å². The van der Waals surface area contributed by atoms with E-state index < -0.39 is 11.9 Å². The number of hydrogen-bond acceptors (Lipinski definition) is 5. The van der Waals surface area contributed by atoms with Crippen molar-refractivity contribution in [3.63, 3.8) is 0 Å². The average molecular weight is 344 g/mol. The Balaban J connectivity index is 1.76. The molecule has 0 saturated heterocycles. The Morgan fingerprint density at radius 1 is 1.08 bits per heavy atom. The lowest BCUT2D eigenvalue weighted by Crippen LogP contribution is -2.12. The van der Waals surface area contributed by atoms with Crippen LogP contribution in [-0.4, -0.2) is 32.1 Å². The predicted molar refractivity (Wildman–Crippen MR) is 90.8 cm³/mol. The summed E-state index contributed by atoms with van der Waals surface area (Å²) in [6.07, 6.45) is 1.07. The summed E-state index contributed by atoms with van der Waals surface area (Å²) in [5, 5.41) is 9.62. The van der Waals surface area contributed by atoms with Crippen LogP contribution in [0.2, 0.25) is 0 Å². The van der Waals surface area contributed by atoms with Crippen LogP contribution in [0.4, 0.5) is 0 Å². The van der Waals surface area contributed by atoms with Crippen molar-refractivity contribution < 1.29 is 28.8 Å². The third-order valence-corrected chi connectivity index (χ3v) is 4.27. The third kappa shape index (κ3) is 3.63. The molecule has 1 aliphatic heterocycles. The molecule has 0 amide bonds. The summed E-state index contributed by atoms with van der Waals surface area (Å²) < 4.78 is 21.1. The van der Waals surface area contributed by atoms with Gasteiger partial charge in [-0.15, -0.1) is 0 Å². The Morgan fingerprint density at radius 3 is 2.56 bits per heavy atom. The minimum atomic E-state index is -0.862. The molecule has 0 aromatic heterocycles. The summed E-state index contributed by atoms with van der Waals surface area (Å²) in [4.78, 5) is 11.7. The maximum absolute atomic E-state index is 11.7. The molecule has 6 heteroatoms. The van der Waals surface area contributed by atoms with Gasteiger partial charge in [-0.2, -0.15) is 0 Å². The first-order valence-electron chi connectivity index (χ1n) is 7.95. The summed E-state index contributed by atoms with van der Waals surface area (Å²) >= 11 is 0. The second-order valence-electron chi connectivity index (χ2n) is 5.73. The van der Waals surface area contributed by atoms with Crippen LogP contribution in [0, 0.1) is 0 Å². The van der Waals surface area contributed by atoms with E-state index in [9.17, 15) is 9.90 Å². The van der Waals surface area contributed by atoms with Crippen LogP contribution in [-0.2, 0) is 11.2 Å². The molecule has 1 N–H and O–H groups in total. The highest BCUT2D eigenvalue weighted by atomic mass is 16.7. The van der Waals surface area contributed by atoms with Crippen LogP contribution in [0.3, 0.4) is 0 Å². The van der Waals surface area contributed by atoms with Crippen molar-refractivity contribution in [3.05, 3.63) is 47.5 Å². The van der Waals surface area contributed by atoms with Gasteiger partial charge in [0.15, 0.2) is 23.0 Å². The zero-order chi connectivity index (χ0) is 17.8. The number of benzene rings is 2. The third-order valence-electron chi connectivity index (χ3n) is 4.27. The molecule has 132 valence electrons. The van der Waals surface area contributed by atoms with E-state index in [1.54, 1.807) is 32.4 Å². The molecular weight excluding hydrogens is 324 g/mol. The van der Waals surface area contributed by atoms with E-state index in [0.29, 0.717) is 41.4 Å². The van der Waals surface area contributed by atoms with Gasteiger partial charge in [0.1, 0.15) is 0 Å². The molecule has 6 nitrogen and oxygen atoms in total. The number of methoxy groups -OCH3 is 2. The van der Waals surface area contributed by atoms with E-state index in [0.717, 1.165) is 5.56 Å². The molecule has 1 aliphatic rings. The molecule has 25 heavy (non-hydrogen) atoms. The van der Waals surface area contributed by atoms with Gasteiger partial charge in [-0.3, -0.25) is 4.79 Å². The minimum absolute atomic E-state index is 0.169. The normalized spacial score (nSPS) is 13.4. The summed E-state index contributed by atoms with van der Waals surface area (Å²) in [5.74, 6) is 1.04. The Labute approximate surface area is 145 Å². The zero-order valence-corrected chi connectivity index (χ0v) is 14.2. The molecule has 1 unspecified atom stereocenters. The van der Waals surface area contributed by atoms with E-state index in [-0.39, 0.29) is 6.79 Å². The van der Waals surface area contributed by atoms with Crippen molar-refractivity contribution in [2.24, 2.45) is 0 Å². The highest BCUT2D eigenvalue weighted by Crippen LogP contribution is 2.36. The molecule has 3 rings (SSSR count). The fourth-order valence-corrected chi connectivity index (χ4v) is 2.91. The SMILES string of the molecule is COc1ccc(CCC(C(=O)O)c2ccc3c(c2)OCO3)cc1OC. The van der Waals surface area contributed by atoms with E-state index >= 15 is 0 Å². The first-order chi connectivity index (χ1) is 12.1. The number of carboxylic acids is 1. The van der Waals surface area contributed by atoms with Gasteiger partial charge in [0, 0.05) is 0 Å². The second kappa shape index (κ2) is 7.34.